The number of nitrogens with one attached hydrogen (secondary N) is 2. The van der Waals surface area contributed by atoms with Gasteiger partial charge in [-0.15, -0.1) is 0 Å². The van der Waals surface area contributed by atoms with Gasteiger partial charge >= 0.3 is 0 Å². The molecule has 0 aliphatic heterocycles. The summed E-state index contributed by atoms with van der Waals surface area (Å²) in [6.45, 7) is 5.90. The van der Waals surface area contributed by atoms with Crippen molar-refractivity contribution in [1.29, 1.82) is 0 Å². The highest BCUT2D eigenvalue weighted by Gasteiger charge is 2.10. The van der Waals surface area contributed by atoms with Crippen molar-refractivity contribution in [1.82, 2.24) is 0 Å². The van der Waals surface area contributed by atoms with Crippen molar-refractivity contribution < 1.29 is 4.79 Å². The zero-order valence-corrected chi connectivity index (χ0v) is 14.5. The van der Waals surface area contributed by atoms with Gasteiger partial charge < -0.3 is 10.6 Å². The molecule has 1 unspecified atom stereocenters. The van der Waals surface area contributed by atoms with E-state index in [1.165, 1.54) is 5.56 Å². The first kappa shape index (κ1) is 17.4. The maximum Gasteiger partial charge on any atom is 0.226 e. The molecule has 0 saturated carbocycles. The Balaban J connectivity index is 2.04. The van der Waals surface area contributed by atoms with E-state index in [1.54, 1.807) is 0 Å². The van der Waals surface area contributed by atoms with E-state index in [4.69, 9.17) is 11.6 Å². The van der Waals surface area contributed by atoms with Crippen LogP contribution in [0, 0.1) is 5.92 Å². The molecule has 2 N–H and O–H groups in total. The van der Waals surface area contributed by atoms with E-state index in [1.807, 2.05) is 62.4 Å². The summed E-state index contributed by atoms with van der Waals surface area (Å²) in [6, 6.07) is 15.9. The normalized spacial score (nSPS) is 12.0. The molecule has 0 aliphatic rings. The largest absolute Gasteiger partial charge is 0.378 e. The first-order valence-electron chi connectivity index (χ1n) is 7.92. The summed E-state index contributed by atoms with van der Waals surface area (Å²) >= 11 is 5.95. The molecule has 23 heavy (non-hydrogen) atoms. The Hall–Kier alpha value is -2.00. The Bertz CT molecular complexity index is 635. The van der Waals surface area contributed by atoms with Crippen LogP contribution in [-0.2, 0) is 4.79 Å². The first-order valence-corrected chi connectivity index (χ1v) is 8.30. The second-order valence-corrected chi connectivity index (χ2v) is 6.31. The maximum absolute atomic E-state index is 11.7. The van der Waals surface area contributed by atoms with E-state index in [0.717, 1.165) is 22.8 Å². The minimum atomic E-state index is -0.0258. The fourth-order valence-corrected chi connectivity index (χ4v) is 2.38. The molecule has 2 rings (SSSR count). The maximum atomic E-state index is 11.7. The lowest BCUT2D eigenvalue weighted by atomic mass is 10.0. The van der Waals surface area contributed by atoms with Gasteiger partial charge in [0, 0.05) is 22.3 Å². The monoisotopic (exact) mass is 330 g/mol. The quantitative estimate of drug-likeness (QED) is 0.734. The highest BCUT2D eigenvalue weighted by molar-refractivity contribution is 6.30. The van der Waals surface area contributed by atoms with Crippen LogP contribution in [0.1, 0.15) is 38.8 Å². The average molecular weight is 331 g/mol. The third-order valence-corrected chi connectivity index (χ3v) is 3.95. The summed E-state index contributed by atoms with van der Waals surface area (Å²) in [5.74, 6) is 0.000450. The molecule has 0 aromatic heterocycles. The summed E-state index contributed by atoms with van der Waals surface area (Å²) in [4.78, 5) is 11.7. The molecule has 0 aliphatic carbocycles. The topological polar surface area (TPSA) is 41.1 Å². The molecular formula is C19H23ClN2O. The van der Waals surface area contributed by atoms with E-state index in [9.17, 15) is 4.79 Å². The molecule has 1 amide bonds. The van der Waals surface area contributed by atoms with Crippen LogP contribution in [0.3, 0.4) is 0 Å². The van der Waals surface area contributed by atoms with Gasteiger partial charge in [-0.1, -0.05) is 44.5 Å². The molecule has 3 nitrogen and oxygen atoms in total. The lowest BCUT2D eigenvalue weighted by Crippen LogP contribution is -2.17. The van der Waals surface area contributed by atoms with E-state index < -0.39 is 0 Å². The van der Waals surface area contributed by atoms with Crippen LogP contribution in [0.15, 0.2) is 48.5 Å². The van der Waals surface area contributed by atoms with E-state index in [0.29, 0.717) is 0 Å². The number of carbonyl (C=O) groups is 1. The van der Waals surface area contributed by atoms with Crippen molar-refractivity contribution in [2.24, 2.45) is 5.92 Å². The summed E-state index contributed by atoms with van der Waals surface area (Å²) in [5, 5.41) is 7.15. The van der Waals surface area contributed by atoms with Gasteiger partial charge in [-0.05, 0) is 48.4 Å². The molecule has 4 heteroatoms. The van der Waals surface area contributed by atoms with Crippen LogP contribution in [-0.4, -0.2) is 5.91 Å². The van der Waals surface area contributed by atoms with Gasteiger partial charge in [0.05, 0.1) is 6.04 Å². The number of benzene rings is 2. The summed E-state index contributed by atoms with van der Waals surface area (Å²) in [7, 11) is 0. The molecule has 0 spiro atoms. The molecule has 0 radical (unpaired) electrons. The van der Waals surface area contributed by atoms with Crippen LogP contribution >= 0.6 is 11.6 Å². The number of anilines is 2. The number of hydrogen-bond acceptors (Lipinski definition) is 2. The fraction of sp³-hybridized carbons (Fsp3) is 0.316. The summed E-state index contributed by atoms with van der Waals surface area (Å²) in [5.41, 5.74) is 3.04. The Labute approximate surface area is 143 Å². The van der Waals surface area contributed by atoms with Crippen LogP contribution < -0.4 is 10.6 Å². The number of amides is 1. The predicted molar refractivity (Wildman–Crippen MR) is 98.0 cm³/mol. The predicted octanol–water partition coefficient (Wildman–Crippen LogP) is 5.50. The van der Waals surface area contributed by atoms with Gasteiger partial charge in [0.1, 0.15) is 0 Å². The van der Waals surface area contributed by atoms with Gasteiger partial charge in [-0.3, -0.25) is 4.79 Å². The van der Waals surface area contributed by atoms with E-state index in [2.05, 4.69) is 17.6 Å². The second kappa shape index (κ2) is 8.02. The lowest BCUT2D eigenvalue weighted by molar-refractivity contribution is -0.118. The van der Waals surface area contributed by atoms with Gasteiger partial charge in [-0.2, -0.15) is 0 Å². The molecule has 1 atom stereocenters. The van der Waals surface area contributed by atoms with Crippen LogP contribution in [0.25, 0.3) is 0 Å². The van der Waals surface area contributed by atoms with Crippen LogP contribution in [0.4, 0.5) is 11.4 Å². The summed E-state index contributed by atoms with van der Waals surface area (Å²) < 4.78 is 0. The highest BCUT2D eigenvalue weighted by Crippen LogP contribution is 2.24. The molecule has 0 saturated heterocycles. The van der Waals surface area contributed by atoms with E-state index in [-0.39, 0.29) is 17.9 Å². The second-order valence-electron chi connectivity index (χ2n) is 5.88. The van der Waals surface area contributed by atoms with Gasteiger partial charge in [0.25, 0.3) is 0 Å². The Morgan fingerprint density at radius 3 is 2.09 bits per heavy atom. The smallest absolute Gasteiger partial charge is 0.226 e. The minimum absolute atomic E-state index is 0.0258. The number of hydrogen-bond donors (Lipinski definition) is 2. The van der Waals surface area contributed by atoms with Crippen molar-refractivity contribution >= 4 is 28.9 Å². The van der Waals surface area contributed by atoms with Crippen LogP contribution in [0.2, 0.25) is 5.02 Å². The molecular weight excluding hydrogens is 308 g/mol. The van der Waals surface area contributed by atoms with Gasteiger partial charge in [-0.25, -0.2) is 0 Å². The zero-order chi connectivity index (χ0) is 16.8. The standard InChI is InChI=1S/C19H23ClN2O/c1-4-18(14-5-7-15(20)8-6-14)21-16-9-11-17(12-10-16)22-19(23)13(2)3/h5-13,18,21H,4H2,1-3H3,(H,22,23). The molecule has 0 bridgehead atoms. The number of carbonyl (C=O) groups excluding carboxylic acids is 1. The molecule has 2 aromatic rings. The number of halogens is 1. The summed E-state index contributed by atoms with van der Waals surface area (Å²) in [6.07, 6.45) is 0.966. The SMILES string of the molecule is CCC(Nc1ccc(NC(=O)C(C)C)cc1)c1ccc(Cl)cc1. The minimum Gasteiger partial charge on any atom is -0.378 e. The zero-order valence-electron chi connectivity index (χ0n) is 13.8. The molecule has 0 fully saturated rings. The third kappa shape index (κ3) is 5.00. The van der Waals surface area contributed by atoms with Crippen molar-refractivity contribution in [3.8, 4) is 0 Å². The van der Waals surface area contributed by atoms with Gasteiger partial charge in [0.15, 0.2) is 0 Å². The molecule has 0 heterocycles. The van der Waals surface area contributed by atoms with Gasteiger partial charge in [0.2, 0.25) is 5.91 Å². The fourth-order valence-electron chi connectivity index (χ4n) is 2.25. The van der Waals surface area contributed by atoms with Crippen LogP contribution in [0.5, 0.6) is 0 Å². The van der Waals surface area contributed by atoms with Crippen molar-refractivity contribution in [3.05, 3.63) is 59.1 Å². The number of rotatable bonds is 6. The van der Waals surface area contributed by atoms with Crippen molar-refractivity contribution in [2.75, 3.05) is 10.6 Å². The molecule has 122 valence electrons. The third-order valence-electron chi connectivity index (χ3n) is 3.70. The van der Waals surface area contributed by atoms with E-state index >= 15 is 0 Å². The van der Waals surface area contributed by atoms with Crippen molar-refractivity contribution in [2.45, 2.75) is 33.2 Å². The highest BCUT2D eigenvalue weighted by atomic mass is 35.5. The lowest BCUT2D eigenvalue weighted by Gasteiger charge is -2.19. The Morgan fingerprint density at radius 1 is 1.00 bits per heavy atom. The Morgan fingerprint density at radius 2 is 1.57 bits per heavy atom. The Kier molecular flexibility index (Phi) is 6.05. The molecule has 2 aromatic carbocycles. The average Bonchev–Trinajstić information content (AvgIpc) is 2.55. The van der Waals surface area contributed by atoms with Crippen molar-refractivity contribution in [3.63, 3.8) is 0 Å². The first-order chi connectivity index (χ1) is 11.0.